The van der Waals surface area contributed by atoms with Gasteiger partial charge in [0, 0.05) is 12.6 Å². The zero-order valence-electron chi connectivity index (χ0n) is 9.37. The zero-order valence-corrected chi connectivity index (χ0v) is 10.1. The molecule has 2 rings (SSSR count). The summed E-state index contributed by atoms with van der Waals surface area (Å²) in [7, 11) is 0. The number of rotatable bonds is 3. The minimum absolute atomic E-state index is 0.165. The van der Waals surface area contributed by atoms with Gasteiger partial charge in [-0.2, -0.15) is 0 Å². The molecular weight excluding hydrogens is 227 g/mol. The van der Waals surface area contributed by atoms with Gasteiger partial charge in [-0.05, 0) is 25.5 Å². The Bertz CT molecular complexity index is 505. The number of imidazole rings is 1. The Kier molecular flexibility index (Phi) is 3.15. The molecule has 4 heteroatoms. The van der Waals surface area contributed by atoms with Gasteiger partial charge in [0.15, 0.2) is 0 Å². The van der Waals surface area contributed by atoms with Crippen LogP contribution in [-0.4, -0.2) is 9.55 Å². The highest BCUT2D eigenvalue weighted by Crippen LogP contribution is 2.25. The summed E-state index contributed by atoms with van der Waals surface area (Å²) in [6.45, 7) is 4.83. The molecule has 86 valence electrons. The molecule has 1 aromatic heterocycles. The zero-order chi connectivity index (χ0) is 11.7. The second-order valence-corrected chi connectivity index (χ2v) is 4.53. The van der Waals surface area contributed by atoms with Gasteiger partial charge in [0.1, 0.15) is 11.6 Å². The molecule has 0 radical (unpaired) electrons. The second kappa shape index (κ2) is 4.42. The summed E-state index contributed by atoms with van der Waals surface area (Å²) < 4.78 is 15.1. The maximum atomic E-state index is 13.1. The van der Waals surface area contributed by atoms with Gasteiger partial charge in [0.05, 0.1) is 16.4 Å². The maximum Gasteiger partial charge on any atom is 0.127 e. The van der Waals surface area contributed by atoms with E-state index in [2.05, 4.69) is 16.5 Å². The van der Waals surface area contributed by atoms with E-state index in [1.165, 1.54) is 12.1 Å². The quantitative estimate of drug-likeness (QED) is 0.745. The molecule has 0 aliphatic heterocycles. The number of fused-ring (bicyclic) bond motifs is 1. The van der Waals surface area contributed by atoms with E-state index in [0.29, 0.717) is 5.52 Å². The molecule has 0 aliphatic carbocycles. The molecule has 2 nitrogen and oxygen atoms in total. The molecule has 16 heavy (non-hydrogen) atoms. The highest BCUT2D eigenvalue weighted by Gasteiger charge is 2.14. The molecule has 1 atom stereocenters. The van der Waals surface area contributed by atoms with Crippen molar-refractivity contribution in [2.45, 2.75) is 32.2 Å². The van der Waals surface area contributed by atoms with Crippen LogP contribution in [0, 0.1) is 5.82 Å². The standard InChI is InChI=1S/C12H14ClFN2/c1-3-6-16-11-5-4-9(14)7-10(11)15-12(16)8(2)13/h4-5,7-8H,3,6H2,1-2H3. The normalized spacial score (nSPS) is 13.2. The number of hydrogen-bond donors (Lipinski definition) is 0. The lowest BCUT2D eigenvalue weighted by atomic mass is 10.3. The number of aryl methyl sites for hydroxylation is 1. The predicted molar refractivity (Wildman–Crippen MR) is 64.3 cm³/mol. The molecule has 1 heterocycles. The third-order valence-electron chi connectivity index (χ3n) is 2.54. The summed E-state index contributed by atoms with van der Waals surface area (Å²) in [6.07, 6.45) is 0.999. The number of halogens is 2. The molecule has 0 saturated carbocycles. The van der Waals surface area contributed by atoms with Crippen LogP contribution in [0.4, 0.5) is 4.39 Å². The van der Waals surface area contributed by atoms with Gasteiger partial charge >= 0.3 is 0 Å². The van der Waals surface area contributed by atoms with Gasteiger partial charge in [-0.15, -0.1) is 11.6 Å². The summed E-state index contributed by atoms with van der Waals surface area (Å²) in [5.41, 5.74) is 1.63. The minimum atomic E-state index is -0.262. The fourth-order valence-corrected chi connectivity index (χ4v) is 2.05. The lowest BCUT2D eigenvalue weighted by molar-refractivity contribution is 0.629. The fraction of sp³-hybridized carbons (Fsp3) is 0.417. The Balaban J connectivity index is 2.65. The third-order valence-corrected chi connectivity index (χ3v) is 2.74. The van der Waals surface area contributed by atoms with Gasteiger partial charge in [0.2, 0.25) is 0 Å². The Morgan fingerprint density at radius 3 is 2.88 bits per heavy atom. The molecule has 0 fully saturated rings. The number of hydrogen-bond acceptors (Lipinski definition) is 1. The van der Waals surface area contributed by atoms with Crippen molar-refractivity contribution in [1.82, 2.24) is 9.55 Å². The van der Waals surface area contributed by atoms with Crippen molar-refractivity contribution < 1.29 is 4.39 Å². The second-order valence-electron chi connectivity index (χ2n) is 3.87. The molecule has 2 aromatic rings. The number of nitrogens with zero attached hydrogens (tertiary/aromatic N) is 2. The van der Waals surface area contributed by atoms with Crippen molar-refractivity contribution in [3.05, 3.63) is 29.8 Å². The average Bonchev–Trinajstić information content (AvgIpc) is 2.57. The first-order valence-corrected chi connectivity index (χ1v) is 5.87. The Morgan fingerprint density at radius 1 is 1.50 bits per heavy atom. The minimum Gasteiger partial charge on any atom is -0.327 e. The van der Waals surface area contributed by atoms with E-state index >= 15 is 0 Å². The van der Waals surface area contributed by atoms with Gasteiger partial charge in [-0.1, -0.05) is 6.92 Å². The first kappa shape index (κ1) is 11.4. The van der Waals surface area contributed by atoms with E-state index in [-0.39, 0.29) is 11.2 Å². The van der Waals surface area contributed by atoms with Crippen LogP contribution in [0.15, 0.2) is 18.2 Å². The Morgan fingerprint density at radius 2 is 2.25 bits per heavy atom. The van der Waals surface area contributed by atoms with E-state index in [1.807, 2.05) is 6.92 Å². The first-order valence-electron chi connectivity index (χ1n) is 5.43. The van der Waals surface area contributed by atoms with Crippen LogP contribution in [0.5, 0.6) is 0 Å². The number of alkyl halides is 1. The van der Waals surface area contributed by atoms with Crippen molar-refractivity contribution in [2.75, 3.05) is 0 Å². The SMILES string of the molecule is CCCn1c(C(C)Cl)nc2cc(F)ccc21. The third kappa shape index (κ3) is 1.92. The van der Waals surface area contributed by atoms with Gasteiger partial charge in [0.25, 0.3) is 0 Å². The molecular formula is C12H14ClFN2. The van der Waals surface area contributed by atoms with Crippen molar-refractivity contribution in [1.29, 1.82) is 0 Å². The number of benzene rings is 1. The molecule has 1 unspecified atom stereocenters. The van der Waals surface area contributed by atoms with Crippen LogP contribution in [0.2, 0.25) is 0 Å². The van der Waals surface area contributed by atoms with Crippen LogP contribution in [0.3, 0.4) is 0 Å². The molecule has 0 saturated heterocycles. The smallest absolute Gasteiger partial charge is 0.127 e. The van der Waals surface area contributed by atoms with Crippen LogP contribution >= 0.6 is 11.6 Å². The molecule has 0 N–H and O–H groups in total. The molecule has 1 aromatic carbocycles. The largest absolute Gasteiger partial charge is 0.327 e. The van der Waals surface area contributed by atoms with Gasteiger partial charge in [-0.3, -0.25) is 0 Å². The first-order chi connectivity index (χ1) is 7.63. The predicted octanol–water partition coefficient (Wildman–Crippen LogP) is 3.89. The topological polar surface area (TPSA) is 17.8 Å². The maximum absolute atomic E-state index is 13.1. The molecule has 0 amide bonds. The van der Waals surface area contributed by atoms with E-state index in [1.54, 1.807) is 6.07 Å². The van der Waals surface area contributed by atoms with Gasteiger partial charge < -0.3 is 4.57 Å². The lowest BCUT2D eigenvalue weighted by Gasteiger charge is -2.08. The number of aromatic nitrogens is 2. The Hall–Kier alpha value is -1.09. The van der Waals surface area contributed by atoms with E-state index in [4.69, 9.17) is 11.6 Å². The summed E-state index contributed by atoms with van der Waals surface area (Å²) >= 11 is 6.08. The summed E-state index contributed by atoms with van der Waals surface area (Å²) in [6, 6.07) is 4.67. The van der Waals surface area contributed by atoms with Crippen molar-refractivity contribution in [2.24, 2.45) is 0 Å². The summed E-state index contributed by atoms with van der Waals surface area (Å²) in [4.78, 5) is 4.38. The highest BCUT2D eigenvalue weighted by molar-refractivity contribution is 6.20. The summed E-state index contributed by atoms with van der Waals surface area (Å²) in [5, 5.41) is -0.165. The van der Waals surface area contributed by atoms with Crippen LogP contribution in [-0.2, 0) is 6.54 Å². The van der Waals surface area contributed by atoms with Crippen LogP contribution in [0.1, 0.15) is 31.5 Å². The van der Waals surface area contributed by atoms with E-state index in [0.717, 1.165) is 24.3 Å². The lowest BCUT2D eigenvalue weighted by Crippen LogP contribution is -2.03. The molecule has 0 bridgehead atoms. The monoisotopic (exact) mass is 240 g/mol. The fourth-order valence-electron chi connectivity index (χ4n) is 1.88. The van der Waals surface area contributed by atoms with Gasteiger partial charge in [-0.25, -0.2) is 9.37 Å². The van der Waals surface area contributed by atoms with Crippen LogP contribution < -0.4 is 0 Å². The highest BCUT2D eigenvalue weighted by atomic mass is 35.5. The van der Waals surface area contributed by atoms with Crippen molar-refractivity contribution >= 4 is 22.6 Å². The molecule has 0 aliphatic rings. The van der Waals surface area contributed by atoms with Crippen LogP contribution in [0.25, 0.3) is 11.0 Å². The van der Waals surface area contributed by atoms with E-state index in [9.17, 15) is 4.39 Å². The van der Waals surface area contributed by atoms with Crippen molar-refractivity contribution in [3.63, 3.8) is 0 Å². The molecule has 0 spiro atoms. The Labute approximate surface area is 99.0 Å². The average molecular weight is 241 g/mol. The van der Waals surface area contributed by atoms with Crippen molar-refractivity contribution in [3.8, 4) is 0 Å². The van der Waals surface area contributed by atoms with E-state index < -0.39 is 0 Å². The summed E-state index contributed by atoms with van der Waals surface area (Å²) in [5.74, 6) is 0.548.